The fourth-order valence-corrected chi connectivity index (χ4v) is 6.99. The molecule has 3 aromatic carbocycles. The summed E-state index contributed by atoms with van der Waals surface area (Å²) in [5.41, 5.74) is 1.44. The molecule has 4 aromatic rings. The summed E-state index contributed by atoms with van der Waals surface area (Å²) < 4.78 is 20.1. The smallest absolute Gasteiger partial charge is 0.301 e. The Hall–Kier alpha value is -3.44. The summed E-state index contributed by atoms with van der Waals surface area (Å²) in [5, 5.41) is 21.0. The van der Waals surface area contributed by atoms with Crippen molar-refractivity contribution in [2.75, 3.05) is 11.5 Å². The van der Waals surface area contributed by atoms with Crippen LogP contribution in [0.2, 0.25) is 10.0 Å². The fourth-order valence-electron chi connectivity index (χ4n) is 4.56. The van der Waals surface area contributed by atoms with Gasteiger partial charge in [-0.25, -0.2) is 4.39 Å². The molecule has 0 bridgehead atoms. The first-order valence-electron chi connectivity index (χ1n) is 13.5. The van der Waals surface area contributed by atoms with Crippen molar-refractivity contribution in [2.24, 2.45) is 0 Å². The average molecular weight is 659 g/mol. The number of hydrogen-bond donors (Lipinski definition) is 1. The molecule has 1 N–H and O–H groups in total. The number of anilines is 1. The van der Waals surface area contributed by atoms with Gasteiger partial charge in [0, 0.05) is 21.4 Å². The summed E-state index contributed by atoms with van der Waals surface area (Å²) in [5.74, 6) is -1.63. The molecular weight excluding hydrogens is 632 g/mol. The van der Waals surface area contributed by atoms with E-state index in [0.717, 1.165) is 36.2 Å². The highest BCUT2D eigenvalue weighted by atomic mass is 35.5. The Morgan fingerprint density at radius 1 is 1.07 bits per heavy atom. The Kier molecular flexibility index (Phi) is 10.0. The topological polar surface area (TPSA) is 92.6 Å². The third kappa shape index (κ3) is 7.04. The maximum atomic E-state index is 13.6. The molecule has 1 aromatic heterocycles. The van der Waals surface area contributed by atoms with Gasteiger partial charge in [0.05, 0.1) is 18.2 Å². The number of benzene rings is 3. The van der Waals surface area contributed by atoms with Crippen LogP contribution in [0.15, 0.2) is 76.6 Å². The zero-order chi connectivity index (χ0) is 30.5. The van der Waals surface area contributed by atoms with Gasteiger partial charge in [-0.1, -0.05) is 84.3 Å². The standard InChI is InChI=1S/C31H26Cl2FN3O4S2/c1-2-3-4-14-41-23-7-5-6-19(15-23)26-25(27(38)18-9-12-22(34)13-10-18)28(39)29(40)37(26)30-35-36-31(43-30)42-17-20-8-11-21(32)16-24(20)33/h5-13,15-16,26,38H,2-4,14,17H2,1H3. The fraction of sp³-hybridized carbons (Fsp3) is 0.226. The van der Waals surface area contributed by atoms with Crippen LogP contribution in [0, 0.1) is 5.82 Å². The molecular formula is C31H26Cl2FN3O4S2. The third-order valence-corrected chi connectivity index (χ3v) is 9.41. The monoisotopic (exact) mass is 657 g/mol. The predicted molar refractivity (Wildman–Crippen MR) is 169 cm³/mol. The van der Waals surface area contributed by atoms with Crippen molar-refractivity contribution in [1.29, 1.82) is 0 Å². The van der Waals surface area contributed by atoms with E-state index in [2.05, 4.69) is 17.1 Å². The lowest BCUT2D eigenvalue weighted by Gasteiger charge is -2.23. The van der Waals surface area contributed by atoms with Gasteiger partial charge in [-0.3, -0.25) is 14.5 Å². The summed E-state index contributed by atoms with van der Waals surface area (Å²) >= 11 is 14.8. The number of hydrogen-bond acceptors (Lipinski definition) is 8. The molecule has 5 rings (SSSR count). The predicted octanol–water partition coefficient (Wildman–Crippen LogP) is 8.47. The number of aromatic nitrogens is 2. The van der Waals surface area contributed by atoms with Gasteiger partial charge in [0.1, 0.15) is 17.3 Å². The average Bonchev–Trinajstić information content (AvgIpc) is 3.57. The van der Waals surface area contributed by atoms with E-state index in [1.54, 1.807) is 36.4 Å². The van der Waals surface area contributed by atoms with Crippen LogP contribution in [-0.4, -0.2) is 33.6 Å². The Morgan fingerprint density at radius 3 is 2.60 bits per heavy atom. The highest BCUT2D eigenvalue weighted by Gasteiger charge is 2.48. The number of nitrogens with zero attached hydrogens (tertiary/aromatic N) is 3. The number of unbranched alkanes of at least 4 members (excludes halogenated alkanes) is 2. The number of aliphatic hydroxyl groups excluding tert-OH is 1. The third-order valence-electron chi connectivity index (χ3n) is 6.72. The minimum Gasteiger partial charge on any atom is -0.507 e. The Labute approximate surface area is 266 Å². The molecule has 0 aliphatic carbocycles. The van der Waals surface area contributed by atoms with Crippen LogP contribution < -0.4 is 9.64 Å². The van der Waals surface area contributed by atoms with Crippen LogP contribution >= 0.6 is 46.3 Å². The van der Waals surface area contributed by atoms with E-state index >= 15 is 0 Å². The largest absolute Gasteiger partial charge is 0.507 e. The lowest BCUT2D eigenvalue weighted by molar-refractivity contribution is -0.132. The first-order valence-corrected chi connectivity index (χ1v) is 16.0. The van der Waals surface area contributed by atoms with E-state index in [1.165, 1.54) is 40.9 Å². The second-order valence-electron chi connectivity index (χ2n) is 9.68. The molecule has 7 nitrogen and oxygen atoms in total. The molecule has 43 heavy (non-hydrogen) atoms. The zero-order valence-electron chi connectivity index (χ0n) is 22.9. The first-order chi connectivity index (χ1) is 20.8. The summed E-state index contributed by atoms with van der Waals surface area (Å²) in [6.45, 7) is 2.62. The van der Waals surface area contributed by atoms with Crippen molar-refractivity contribution in [1.82, 2.24) is 10.2 Å². The van der Waals surface area contributed by atoms with Crippen LogP contribution in [0.5, 0.6) is 5.75 Å². The molecule has 0 radical (unpaired) electrons. The number of ether oxygens (including phenoxy) is 1. The number of rotatable bonds is 11. The molecule has 222 valence electrons. The molecule has 1 aliphatic heterocycles. The molecule has 1 fully saturated rings. The second-order valence-corrected chi connectivity index (χ2v) is 12.7. The van der Waals surface area contributed by atoms with Crippen LogP contribution in [0.1, 0.15) is 48.9 Å². The van der Waals surface area contributed by atoms with Gasteiger partial charge >= 0.3 is 5.91 Å². The summed E-state index contributed by atoms with van der Waals surface area (Å²) in [7, 11) is 0. The number of carbonyl (C=O) groups is 2. The molecule has 0 saturated carbocycles. The molecule has 12 heteroatoms. The molecule has 1 saturated heterocycles. The van der Waals surface area contributed by atoms with E-state index in [-0.39, 0.29) is 16.3 Å². The molecule has 1 amide bonds. The molecule has 1 atom stereocenters. The number of aliphatic hydroxyl groups is 1. The van der Waals surface area contributed by atoms with Gasteiger partial charge in [0.25, 0.3) is 5.78 Å². The lowest BCUT2D eigenvalue weighted by Crippen LogP contribution is -2.29. The van der Waals surface area contributed by atoms with Gasteiger partial charge < -0.3 is 9.84 Å². The SMILES string of the molecule is CCCCCOc1cccc(C2C(=C(O)c3ccc(F)cc3)C(=O)C(=O)N2c2nnc(SCc3ccc(Cl)cc3Cl)s2)c1. The number of thioether (sulfide) groups is 1. The van der Waals surface area contributed by atoms with Gasteiger partial charge in [-0.05, 0) is 66.1 Å². The van der Waals surface area contributed by atoms with Crippen molar-refractivity contribution in [3.8, 4) is 5.75 Å². The quantitative estimate of drug-likeness (QED) is 0.0432. The number of Topliss-reactive ketones (excluding diaryl/α,β-unsaturated/α-hetero) is 1. The summed E-state index contributed by atoms with van der Waals surface area (Å²) in [6.07, 6.45) is 2.96. The normalized spacial score (nSPS) is 16.2. The van der Waals surface area contributed by atoms with E-state index in [1.807, 2.05) is 6.07 Å². The Balaban J connectivity index is 1.51. The van der Waals surface area contributed by atoms with Gasteiger partial charge in [0.15, 0.2) is 4.34 Å². The number of halogens is 3. The van der Waals surface area contributed by atoms with Crippen LogP contribution in [-0.2, 0) is 15.3 Å². The van der Waals surface area contributed by atoms with Crippen molar-refractivity contribution >= 4 is 68.9 Å². The highest BCUT2D eigenvalue weighted by molar-refractivity contribution is 8.00. The lowest BCUT2D eigenvalue weighted by atomic mass is 9.95. The number of amides is 1. The second kappa shape index (κ2) is 13.9. The van der Waals surface area contributed by atoms with Crippen LogP contribution in [0.3, 0.4) is 0 Å². The zero-order valence-corrected chi connectivity index (χ0v) is 26.1. The number of carbonyl (C=O) groups excluding carboxylic acids is 2. The minimum atomic E-state index is -1.03. The van der Waals surface area contributed by atoms with E-state index in [4.69, 9.17) is 27.9 Å². The maximum absolute atomic E-state index is 13.6. The molecule has 0 spiro atoms. The first kappa shape index (κ1) is 31.0. The van der Waals surface area contributed by atoms with Gasteiger partial charge in [-0.2, -0.15) is 0 Å². The highest BCUT2D eigenvalue weighted by Crippen LogP contribution is 2.44. The van der Waals surface area contributed by atoms with E-state index < -0.39 is 29.3 Å². The maximum Gasteiger partial charge on any atom is 0.301 e. The molecule has 2 heterocycles. The number of ketones is 1. The molecule has 1 unspecified atom stereocenters. The van der Waals surface area contributed by atoms with Crippen molar-refractivity contribution in [3.63, 3.8) is 0 Å². The van der Waals surface area contributed by atoms with Gasteiger partial charge in [0.2, 0.25) is 5.13 Å². The Bertz CT molecular complexity index is 1680. The van der Waals surface area contributed by atoms with Gasteiger partial charge in [-0.15, -0.1) is 10.2 Å². The Morgan fingerprint density at radius 2 is 1.86 bits per heavy atom. The van der Waals surface area contributed by atoms with Crippen LogP contribution in [0.25, 0.3) is 5.76 Å². The molecule has 1 aliphatic rings. The minimum absolute atomic E-state index is 0.142. The summed E-state index contributed by atoms with van der Waals surface area (Å²) in [6, 6.07) is 16.3. The summed E-state index contributed by atoms with van der Waals surface area (Å²) in [4.78, 5) is 28.2. The van der Waals surface area contributed by atoms with E-state index in [0.29, 0.717) is 38.1 Å². The van der Waals surface area contributed by atoms with E-state index in [9.17, 15) is 19.1 Å². The van der Waals surface area contributed by atoms with Crippen molar-refractivity contribution in [3.05, 3.63) is 105 Å². The van der Waals surface area contributed by atoms with Crippen LogP contribution in [0.4, 0.5) is 9.52 Å². The van der Waals surface area contributed by atoms with Crippen molar-refractivity contribution < 1.29 is 23.8 Å². The van der Waals surface area contributed by atoms with Crippen molar-refractivity contribution in [2.45, 2.75) is 42.3 Å².